The molecule has 1 heterocycles. The molecule has 26 heavy (non-hydrogen) atoms. The average molecular weight is 350 g/mol. The highest BCUT2D eigenvalue weighted by molar-refractivity contribution is 5.68. The van der Waals surface area contributed by atoms with E-state index in [2.05, 4.69) is 6.07 Å². The molecular formula is C21H22N2O3. The summed E-state index contributed by atoms with van der Waals surface area (Å²) in [6.07, 6.45) is 1.34. The molecule has 0 saturated carbocycles. The van der Waals surface area contributed by atoms with Gasteiger partial charge in [0.1, 0.15) is 6.61 Å². The number of carbonyl (C=O) groups is 1. The van der Waals surface area contributed by atoms with Crippen LogP contribution in [0.3, 0.4) is 0 Å². The summed E-state index contributed by atoms with van der Waals surface area (Å²) in [5.41, 5.74) is 2.57. The van der Waals surface area contributed by atoms with Crippen molar-refractivity contribution in [3.63, 3.8) is 0 Å². The molecule has 0 unspecified atom stereocenters. The molecule has 2 aromatic carbocycles. The highest BCUT2D eigenvalue weighted by Gasteiger charge is 2.33. The third-order valence-corrected chi connectivity index (χ3v) is 4.74. The van der Waals surface area contributed by atoms with Crippen LogP contribution in [0.25, 0.3) is 0 Å². The molecule has 0 aromatic heterocycles. The number of amides is 1. The molecule has 1 aliphatic rings. The molecule has 1 saturated heterocycles. The van der Waals surface area contributed by atoms with Crippen molar-refractivity contribution in [1.29, 1.82) is 5.26 Å². The number of hydrogen-bond donors (Lipinski definition) is 0. The summed E-state index contributed by atoms with van der Waals surface area (Å²) in [5.74, 6) is 0. The van der Waals surface area contributed by atoms with Gasteiger partial charge in [0.25, 0.3) is 0 Å². The molecule has 2 aromatic rings. The highest BCUT2D eigenvalue weighted by Crippen LogP contribution is 2.32. The Morgan fingerprint density at radius 3 is 2.54 bits per heavy atom. The third kappa shape index (κ3) is 4.22. The van der Waals surface area contributed by atoms with Gasteiger partial charge in [-0.2, -0.15) is 5.26 Å². The van der Waals surface area contributed by atoms with E-state index in [1.54, 1.807) is 24.1 Å². The van der Waals surface area contributed by atoms with Crippen LogP contribution >= 0.6 is 0 Å². The standard InChI is InChI=1S/C21H22N2O3/c1-25-19-11-12-20(18-9-7-16(13-22)8-10-18)23(14-19)21(24)26-15-17-5-3-2-4-6-17/h2-10,19-20H,11-12,14-15H2,1H3/t19-,20-/m0/s1. The fourth-order valence-corrected chi connectivity index (χ4v) is 3.26. The Balaban J connectivity index is 1.74. The lowest BCUT2D eigenvalue weighted by molar-refractivity contribution is -0.000640. The van der Waals surface area contributed by atoms with Gasteiger partial charge in [0, 0.05) is 7.11 Å². The first kappa shape index (κ1) is 18.0. The van der Waals surface area contributed by atoms with Crippen LogP contribution in [-0.4, -0.2) is 30.8 Å². The Morgan fingerprint density at radius 2 is 1.88 bits per heavy atom. The van der Waals surface area contributed by atoms with Crippen molar-refractivity contribution in [1.82, 2.24) is 4.90 Å². The van der Waals surface area contributed by atoms with Crippen molar-refractivity contribution in [2.24, 2.45) is 0 Å². The molecule has 0 bridgehead atoms. The SMILES string of the molecule is CO[C@H]1CC[C@@H](c2ccc(C#N)cc2)N(C(=O)OCc2ccccc2)C1. The monoisotopic (exact) mass is 350 g/mol. The van der Waals surface area contributed by atoms with E-state index in [9.17, 15) is 4.79 Å². The minimum absolute atomic E-state index is 0.00825. The molecule has 2 atom stereocenters. The number of carbonyl (C=O) groups excluding carboxylic acids is 1. The summed E-state index contributed by atoms with van der Waals surface area (Å²) in [7, 11) is 1.67. The Labute approximate surface area is 153 Å². The zero-order valence-corrected chi connectivity index (χ0v) is 14.8. The quantitative estimate of drug-likeness (QED) is 0.835. The number of methoxy groups -OCH3 is 1. The number of nitriles is 1. The second-order valence-electron chi connectivity index (χ2n) is 6.38. The zero-order valence-electron chi connectivity index (χ0n) is 14.8. The first-order chi connectivity index (χ1) is 12.7. The number of piperidine rings is 1. The number of benzene rings is 2. The lowest BCUT2D eigenvalue weighted by Gasteiger charge is -2.38. The van der Waals surface area contributed by atoms with E-state index in [-0.39, 0.29) is 24.8 Å². The molecule has 1 fully saturated rings. The molecule has 1 amide bonds. The van der Waals surface area contributed by atoms with Crippen LogP contribution in [-0.2, 0) is 16.1 Å². The van der Waals surface area contributed by atoms with E-state index in [0.29, 0.717) is 12.1 Å². The van der Waals surface area contributed by atoms with E-state index in [4.69, 9.17) is 14.7 Å². The molecule has 5 heteroatoms. The van der Waals surface area contributed by atoms with Gasteiger partial charge in [0.2, 0.25) is 0 Å². The van der Waals surface area contributed by atoms with Crippen LogP contribution in [0.1, 0.15) is 35.6 Å². The first-order valence-electron chi connectivity index (χ1n) is 8.71. The smallest absolute Gasteiger partial charge is 0.410 e. The van der Waals surface area contributed by atoms with E-state index in [1.165, 1.54) is 0 Å². The fourth-order valence-electron chi connectivity index (χ4n) is 3.26. The van der Waals surface area contributed by atoms with Crippen molar-refractivity contribution in [3.8, 4) is 6.07 Å². The van der Waals surface area contributed by atoms with Crippen molar-refractivity contribution in [3.05, 3.63) is 71.3 Å². The summed E-state index contributed by atoms with van der Waals surface area (Å²) < 4.78 is 11.0. The first-order valence-corrected chi connectivity index (χ1v) is 8.71. The minimum atomic E-state index is -0.343. The van der Waals surface area contributed by atoms with E-state index in [1.807, 2.05) is 42.5 Å². The van der Waals surface area contributed by atoms with Gasteiger partial charge in [0.05, 0.1) is 30.3 Å². The van der Waals surface area contributed by atoms with Crippen molar-refractivity contribution >= 4 is 6.09 Å². The van der Waals surface area contributed by atoms with Gasteiger partial charge < -0.3 is 9.47 Å². The zero-order chi connectivity index (χ0) is 18.4. The minimum Gasteiger partial charge on any atom is -0.445 e. The average Bonchev–Trinajstić information content (AvgIpc) is 2.72. The van der Waals surface area contributed by atoms with Gasteiger partial charge >= 0.3 is 6.09 Å². The fraction of sp³-hybridized carbons (Fsp3) is 0.333. The van der Waals surface area contributed by atoms with Crippen LogP contribution < -0.4 is 0 Å². The summed E-state index contributed by atoms with van der Waals surface area (Å²) in [4.78, 5) is 14.5. The Bertz CT molecular complexity index is 768. The molecule has 0 spiro atoms. The topological polar surface area (TPSA) is 62.6 Å². The van der Waals surface area contributed by atoms with E-state index in [0.717, 1.165) is 24.0 Å². The largest absolute Gasteiger partial charge is 0.445 e. The van der Waals surface area contributed by atoms with Gasteiger partial charge in [0.15, 0.2) is 0 Å². The van der Waals surface area contributed by atoms with Crippen molar-refractivity contribution in [2.45, 2.75) is 31.6 Å². The molecular weight excluding hydrogens is 328 g/mol. The van der Waals surface area contributed by atoms with Gasteiger partial charge in [-0.05, 0) is 36.1 Å². The van der Waals surface area contributed by atoms with Crippen molar-refractivity contribution in [2.75, 3.05) is 13.7 Å². The second kappa shape index (κ2) is 8.50. The Morgan fingerprint density at radius 1 is 1.15 bits per heavy atom. The van der Waals surface area contributed by atoms with Crippen LogP contribution in [0.5, 0.6) is 0 Å². The number of rotatable bonds is 4. The summed E-state index contributed by atoms with van der Waals surface area (Å²) in [6, 6.07) is 19.1. The van der Waals surface area contributed by atoms with Gasteiger partial charge in [-0.15, -0.1) is 0 Å². The predicted octanol–water partition coefficient (Wildman–Crippen LogP) is 4.05. The summed E-state index contributed by atoms with van der Waals surface area (Å²) in [5, 5.41) is 8.97. The van der Waals surface area contributed by atoms with Gasteiger partial charge in [-0.3, -0.25) is 4.90 Å². The number of ether oxygens (including phenoxy) is 2. The molecule has 134 valence electrons. The molecule has 0 radical (unpaired) electrons. The number of hydrogen-bond acceptors (Lipinski definition) is 4. The normalized spacial score (nSPS) is 19.6. The maximum absolute atomic E-state index is 12.7. The summed E-state index contributed by atoms with van der Waals surface area (Å²) in [6.45, 7) is 0.739. The molecule has 0 aliphatic carbocycles. The molecule has 5 nitrogen and oxygen atoms in total. The van der Waals surface area contributed by atoms with Crippen molar-refractivity contribution < 1.29 is 14.3 Å². The van der Waals surface area contributed by atoms with Crippen LogP contribution in [0.4, 0.5) is 4.79 Å². The maximum atomic E-state index is 12.7. The number of likely N-dealkylation sites (tertiary alicyclic amines) is 1. The lowest BCUT2D eigenvalue weighted by atomic mass is 9.93. The van der Waals surface area contributed by atoms with E-state index >= 15 is 0 Å². The third-order valence-electron chi connectivity index (χ3n) is 4.74. The van der Waals surface area contributed by atoms with Crippen LogP contribution in [0, 0.1) is 11.3 Å². The highest BCUT2D eigenvalue weighted by atomic mass is 16.6. The molecule has 1 aliphatic heterocycles. The van der Waals surface area contributed by atoms with Crippen LogP contribution in [0.2, 0.25) is 0 Å². The van der Waals surface area contributed by atoms with Gasteiger partial charge in [-0.1, -0.05) is 42.5 Å². The Kier molecular flexibility index (Phi) is 5.88. The maximum Gasteiger partial charge on any atom is 0.410 e. The van der Waals surface area contributed by atoms with Gasteiger partial charge in [-0.25, -0.2) is 4.79 Å². The van der Waals surface area contributed by atoms with E-state index < -0.39 is 0 Å². The molecule has 3 rings (SSSR count). The number of nitrogens with zero attached hydrogens (tertiary/aromatic N) is 2. The molecule has 0 N–H and O–H groups in total. The summed E-state index contributed by atoms with van der Waals surface area (Å²) >= 11 is 0. The Hall–Kier alpha value is -2.84. The predicted molar refractivity (Wildman–Crippen MR) is 97.3 cm³/mol. The lowest BCUT2D eigenvalue weighted by Crippen LogP contribution is -2.45. The second-order valence-corrected chi connectivity index (χ2v) is 6.38. The van der Waals surface area contributed by atoms with Crippen LogP contribution in [0.15, 0.2) is 54.6 Å².